The fraction of sp³-hybridized carbons (Fsp3) is 0.185. The summed E-state index contributed by atoms with van der Waals surface area (Å²) < 4.78 is 32.3. The molecule has 0 amide bonds. The van der Waals surface area contributed by atoms with Gasteiger partial charge in [-0.1, -0.05) is 6.07 Å². The second-order valence-electron chi connectivity index (χ2n) is 7.58. The van der Waals surface area contributed by atoms with E-state index in [0.717, 1.165) is 0 Å². The summed E-state index contributed by atoms with van der Waals surface area (Å²) in [6, 6.07) is 14.8. The molecule has 180 valence electrons. The van der Waals surface area contributed by atoms with E-state index in [1.165, 1.54) is 28.4 Å². The van der Waals surface area contributed by atoms with Gasteiger partial charge in [-0.15, -0.1) is 0 Å². The van der Waals surface area contributed by atoms with E-state index in [4.69, 9.17) is 28.1 Å². The van der Waals surface area contributed by atoms with E-state index in [1.807, 2.05) is 6.92 Å². The molecule has 0 radical (unpaired) electrons. The Balaban J connectivity index is 1.73. The molecule has 0 N–H and O–H groups in total. The maximum atomic E-state index is 12.8. The number of aryl methyl sites for hydroxylation is 1. The highest BCUT2D eigenvalue weighted by Crippen LogP contribution is 2.35. The summed E-state index contributed by atoms with van der Waals surface area (Å²) in [5.74, 6) is 1.68. The number of esters is 1. The van der Waals surface area contributed by atoms with E-state index in [2.05, 4.69) is 0 Å². The van der Waals surface area contributed by atoms with Crippen LogP contribution >= 0.6 is 0 Å². The smallest absolute Gasteiger partial charge is 0.344 e. The maximum absolute atomic E-state index is 12.8. The largest absolute Gasteiger partial charge is 0.493 e. The molecule has 0 saturated heterocycles. The number of rotatable bonds is 7. The molecule has 0 unspecified atom stereocenters. The minimum atomic E-state index is -0.569. The van der Waals surface area contributed by atoms with Gasteiger partial charge in [0, 0.05) is 5.39 Å². The first-order valence-electron chi connectivity index (χ1n) is 10.6. The predicted molar refractivity (Wildman–Crippen MR) is 130 cm³/mol. The molecule has 0 aliphatic rings. The van der Waals surface area contributed by atoms with E-state index in [-0.39, 0.29) is 0 Å². The lowest BCUT2D eigenvalue weighted by Crippen LogP contribution is -2.09. The first-order chi connectivity index (χ1) is 16.9. The van der Waals surface area contributed by atoms with Gasteiger partial charge in [-0.3, -0.25) is 0 Å². The van der Waals surface area contributed by atoms with Gasteiger partial charge < -0.3 is 28.1 Å². The average Bonchev–Trinajstić information content (AvgIpc) is 2.88. The van der Waals surface area contributed by atoms with Crippen molar-refractivity contribution in [3.63, 3.8) is 0 Å². The highest BCUT2D eigenvalue weighted by molar-refractivity contribution is 5.93. The number of methoxy groups -OCH3 is 4. The van der Waals surface area contributed by atoms with Crippen LogP contribution < -0.4 is 29.3 Å². The van der Waals surface area contributed by atoms with Crippen molar-refractivity contribution in [3.05, 3.63) is 76.1 Å². The summed E-state index contributed by atoms with van der Waals surface area (Å²) in [5.41, 5.74) is 1.85. The van der Waals surface area contributed by atoms with Crippen LogP contribution in [0.1, 0.15) is 15.9 Å². The SMILES string of the molecule is COc1ccc(C(=O)Oc2ccc3oc(=O)c(-c4ccc(OC)c(OC)c4)c(C)c3c2)cc1OC. The molecule has 1 aromatic heterocycles. The minimum Gasteiger partial charge on any atom is -0.493 e. The minimum absolute atomic E-state index is 0.296. The Morgan fingerprint density at radius 2 is 1.37 bits per heavy atom. The average molecular weight is 476 g/mol. The fourth-order valence-electron chi connectivity index (χ4n) is 3.85. The first-order valence-corrected chi connectivity index (χ1v) is 10.6. The number of carbonyl (C=O) groups is 1. The van der Waals surface area contributed by atoms with Crippen molar-refractivity contribution < 1.29 is 32.9 Å². The van der Waals surface area contributed by atoms with Crippen molar-refractivity contribution in [1.82, 2.24) is 0 Å². The molecular weight excluding hydrogens is 452 g/mol. The van der Waals surface area contributed by atoms with Crippen LogP contribution in [0.5, 0.6) is 28.7 Å². The summed E-state index contributed by atoms with van der Waals surface area (Å²) in [4.78, 5) is 25.6. The Kier molecular flexibility index (Phi) is 6.64. The lowest BCUT2D eigenvalue weighted by molar-refractivity contribution is 0.0734. The third-order valence-corrected chi connectivity index (χ3v) is 5.64. The van der Waals surface area contributed by atoms with Crippen molar-refractivity contribution in [1.29, 1.82) is 0 Å². The van der Waals surface area contributed by atoms with E-state index in [0.29, 0.717) is 62.0 Å². The molecule has 8 heteroatoms. The molecule has 3 aromatic carbocycles. The van der Waals surface area contributed by atoms with Gasteiger partial charge in [0.05, 0.1) is 39.6 Å². The number of hydrogen-bond acceptors (Lipinski definition) is 8. The van der Waals surface area contributed by atoms with Crippen LogP contribution in [0.25, 0.3) is 22.1 Å². The Morgan fingerprint density at radius 1 is 0.743 bits per heavy atom. The van der Waals surface area contributed by atoms with Crippen LogP contribution in [-0.2, 0) is 0 Å². The summed E-state index contributed by atoms with van der Waals surface area (Å²) in [6.07, 6.45) is 0. The first kappa shape index (κ1) is 23.7. The van der Waals surface area contributed by atoms with Crippen LogP contribution in [0.3, 0.4) is 0 Å². The predicted octanol–water partition coefficient (Wildman–Crippen LogP) is 5.02. The molecule has 0 fully saturated rings. The summed E-state index contributed by atoms with van der Waals surface area (Å²) in [6.45, 7) is 1.81. The second kappa shape index (κ2) is 9.80. The number of fused-ring (bicyclic) bond motifs is 1. The van der Waals surface area contributed by atoms with Crippen LogP contribution in [0.2, 0.25) is 0 Å². The Labute approximate surface area is 201 Å². The van der Waals surface area contributed by atoms with Gasteiger partial charge in [-0.2, -0.15) is 0 Å². The van der Waals surface area contributed by atoms with Crippen LogP contribution in [0.4, 0.5) is 0 Å². The zero-order valence-corrected chi connectivity index (χ0v) is 20.0. The lowest BCUT2D eigenvalue weighted by atomic mass is 9.99. The highest BCUT2D eigenvalue weighted by atomic mass is 16.5. The molecular formula is C27H24O8. The molecule has 8 nitrogen and oxygen atoms in total. The van der Waals surface area contributed by atoms with Gasteiger partial charge in [0.2, 0.25) is 0 Å². The van der Waals surface area contributed by atoms with Crippen molar-refractivity contribution in [2.24, 2.45) is 0 Å². The normalized spacial score (nSPS) is 10.7. The number of carbonyl (C=O) groups excluding carboxylic acids is 1. The highest BCUT2D eigenvalue weighted by Gasteiger charge is 2.18. The molecule has 0 aliphatic carbocycles. The summed E-state index contributed by atoms with van der Waals surface area (Å²) >= 11 is 0. The Bertz CT molecular complexity index is 1470. The van der Waals surface area contributed by atoms with E-state index in [9.17, 15) is 9.59 Å². The molecule has 4 rings (SSSR count). The standard InChI is InChI=1S/C27H24O8/c1-15-19-14-18(34-26(28)17-7-10-22(31-3)24(13-17)33-5)8-11-20(19)35-27(29)25(15)16-6-9-21(30-2)23(12-16)32-4/h6-14H,1-5H3. The zero-order valence-electron chi connectivity index (χ0n) is 20.0. The van der Waals surface area contributed by atoms with Crippen LogP contribution in [-0.4, -0.2) is 34.4 Å². The summed E-state index contributed by atoms with van der Waals surface area (Å²) in [5, 5.41) is 0.631. The Morgan fingerprint density at radius 3 is 2.03 bits per heavy atom. The van der Waals surface area contributed by atoms with Gasteiger partial charge in [0.1, 0.15) is 11.3 Å². The number of benzene rings is 3. The molecule has 0 atom stereocenters. The topological polar surface area (TPSA) is 93.4 Å². The van der Waals surface area contributed by atoms with Crippen molar-refractivity contribution >= 4 is 16.9 Å². The van der Waals surface area contributed by atoms with Gasteiger partial charge in [0.25, 0.3) is 0 Å². The summed E-state index contributed by atoms with van der Waals surface area (Å²) in [7, 11) is 6.07. The third kappa shape index (κ3) is 4.50. The van der Waals surface area contributed by atoms with E-state index >= 15 is 0 Å². The van der Waals surface area contributed by atoms with Crippen molar-refractivity contribution in [2.45, 2.75) is 6.92 Å². The van der Waals surface area contributed by atoms with Gasteiger partial charge in [0.15, 0.2) is 23.0 Å². The van der Waals surface area contributed by atoms with Gasteiger partial charge in [-0.25, -0.2) is 9.59 Å². The Hall–Kier alpha value is -4.46. The zero-order chi connectivity index (χ0) is 25.1. The van der Waals surface area contributed by atoms with Crippen LogP contribution in [0, 0.1) is 6.92 Å². The fourth-order valence-corrected chi connectivity index (χ4v) is 3.85. The molecule has 0 bridgehead atoms. The molecule has 35 heavy (non-hydrogen) atoms. The molecule has 4 aromatic rings. The molecule has 0 saturated carbocycles. The number of hydrogen-bond donors (Lipinski definition) is 0. The van der Waals surface area contributed by atoms with Gasteiger partial charge >= 0.3 is 11.6 Å². The van der Waals surface area contributed by atoms with Crippen molar-refractivity contribution in [3.8, 4) is 39.9 Å². The molecule has 0 spiro atoms. The van der Waals surface area contributed by atoms with E-state index in [1.54, 1.807) is 54.6 Å². The van der Waals surface area contributed by atoms with Gasteiger partial charge in [-0.05, 0) is 66.6 Å². The number of ether oxygens (including phenoxy) is 5. The van der Waals surface area contributed by atoms with Crippen molar-refractivity contribution in [2.75, 3.05) is 28.4 Å². The molecule has 0 aliphatic heterocycles. The van der Waals surface area contributed by atoms with E-state index < -0.39 is 11.6 Å². The molecule has 1 heterocycles. The lowest BCUT2D eigenvalue weighted by Gasteiger charge is -2.12. The second-order valence-corrected chi connectivity index (χ2v) is 7.58. The van der Waals surface area contributed by atoms with Crippen LogP contribution in [0.15, 0.2) is 63.8 Å². The third-order valence-electron chi connectivity index (χ3n) is 5.64. The quantitative estimate of drug-likeness (QED) is 0.209. The monoisotopic (exact) mass is 476 g/mol. The maximum Gasteiger partial charge on any atom is 0.344 e.